The van der Waals surface area contributed by atoms with Gasteiger partial charge < -0.3 is 0 Å². The van der Waals surface area contributed by atoms with E-state index in [9.17, 15) is 0 Å². The first-order chi connectivity index (χ1) is 16.7. The van der Waals surface area contributed by atoms with Crippen LogP contribution in [0, 0.1) is 13.8 Å². The molecule has 0 N–H and O–H groups in total. The molecule has 0 atom stereocenters. The quantitative estimate of drug-likeness (QED) is 0.280. The molecule has 0 spiro atoms. The van der Waals surface area contributed by atoms with E-state index in [2.05, 4.69) is 123 Å². The molecule has 6 rings (SSSR count). The summed E-state index contributed by atoms with van der Waals surface area (Å²) in [5, 5.41) is 5.54. The van der Waals surface area contributed by atoms with Gasteiger partial charge in [-0.1, -0.05) is 111 Å². The molecule has 0 saturated heterocycles. The third-order valence-corrected chi connectivity index (χ3v) is 7.29. The molecule has 0 heterocycles. The van der Waals surface area contributed by atoms with Gasteiger partial charge in [0, 0.05) is 0 Å². The Morgan fingerprint density at radius 2 is 0.861 bits per heavy atom. The molecule has 0 nitrogen and oxygen atoms in total. The molecular weight excluding hydrogens is 422 g/mol. The molecule has 0 fully saturated rings. The molecule has 0 aliphatic carbocycles. The standard InChI is InChI=1S/C34H28.2Li/c1-23-21-27-15-9-17-31(25-11-5-3-6-12-25)33(27)29(23)19-20-30-24(2)22-28-16-10-18-32(34(28)30)26-13-7-4-8-14-26;;/h3-18,21-22H,19-20H2,1-2H3;;/q-2;2*+1. The van der Waals surface area contributed by atoms with Crippen LogP contribution >= 0.6 is 0 Å². The van der Waals surface area contributed by atoms with Crippen LogP contribution in [-0.2, 0) is 12.8 Å². The van der Waals surface area contributed by atoms with Crippen LogP contribution in [0.3, 0.4) is 0 Å². The summed E-state index contributed by atoms with van der Waals surface area (Å²) in [5.74, 6) is 0. The van der Waals surface area contributed by atoms with E-state index in [1.807, 2.05) is 0 Å². The van der Waals surface area contributed by atoms with Gasteiger partial charge in [-0.05, 0) is 11.1 Å². The molecule has 0 aliphatic heterocycles. The average Bonchev–Trinajstić information content (AvgIpc) is 3.38. The van der Waals surface area contributed by atoms with E-state index in [0.29, 0.717) is 0 Å². The van der Waals surface area contributed by atoms with E-state index in [1.54, 1.807) is 0 Å². The summed E-state index contributed by atoms with van der Waals surface area (Å²) in [4.78, 5) is 0. The minimum Gasteiger partial charge on any atom is -0.150 e. The summed E-state index contributed by atoms with van der Waals surface area (Å²) in [6.07, 6.45) is 2.09. The Balaban J connectivity index is 0.00000152. The van der Waals surface area contributed by atoms with Gasteiger partial charge in [0.1, 0.15) is 0 Å². The summed E-state index contributed by atoms with van der Waals surface area (Å²) in [7, 11) is 0. The number of benzene rings is 4. The SMILES string of the molecule is Cc1[cH-]c2cccc(-c3ccccc3)c2c1CCc1c(C)[cH-]c2cccc(-c3ccccc3)c12.[Li+].[Li+]. The van der Waals surface area contributed by atoms with Crippen molar-refractivity contribution in [1.29, 1.82) is 0 Å². The number of fused-ring (bicyclic) bond motifs is 2. The van der Waals surface area contributed by atoms with E-state index in [4.69, 9.17) is 0 Å². The molecule has 0 bridgehead atoms. The maximum atomic E-state index is 2.36. The molecule has 6 aromatic carbocycles. The van der Waals surface area contributed by atoms with Gasteiger partial charge in [0.25, 0.3) is 0 Å². The number of hydrogen-bond acceptors (Lipinski definition) is 0. The fourth-order valence-electron chi connectivity index (χ4n) is 5.70. The van der Waals surface area contributed by atoms with Gasteiger partial charge >= 0.3 is 37.7 Å². The molecule has 2 heteroatoms. The molecule has 0 aromatic heterocycles. The van der Waals surface area contributed by atoms with Gasteiger partial charge in [0.2, 0.25) is 0 Å². The second-order valence-electron chi connectivity index (χ2n) is 9.38. The zero-order chi connectivity index (χ0) is 23.1. The topological polar surface area (TPSA) is 0 Å². The first-order valence-electron chi connectivity index (χ1n) is 12.2. The Bertz CT molecular complexity index is 1480. The maximum absolute atomic E-state index is 2.36. The molecule has 0 amide bonds. The van der Waals surface area contributed by atoms with Gasteiger partial charge in [-0.15, -0.1) is 69.1 Å². The number of rotatable bonds is 5. The molecule has 0 unspecified atom stereocenters. The second-order valence-corrected chi connectivity index (χ2v) is 9.38. The van der Waals surface area contributed by atoms with Crippen LogP contribution in [0.15, 0.2) is 109 Å². The van der Waals surface area contributed by atoms with Gasteiger partial charge in [-0.2, -0.15) is 11.1 Å². The van der Waals surface area contributed by atoms with Crippen molar-refractivity contribution in [2.45, 2.75) is 26.7 Å². The summed E-state index contributed by atoms with van der Waals surface area (Å²) < 4.78 is 0. The summed E-state index contributed by atoms with van der Waals surface area (Å²) in [6, 6.07) is 39.8. The smallest absolute Gasteiger partial charge is 0.150 e. The van der Waals surface area contributed by atoms with Gasteiger partial charge in [0.05, 0.1) is 0 Å². The third-order valence-electron chi connectivity index (χ3n) is 7.29. The van der Waals surface area contributed by atoms with Gasteiger partial charge in [0.15, 0.2) is 0 Å². The summed E-state index contributed by atoms with van der Waals surface area (Å²) in [6.45, 7) is 4.55. The normalized spacial score (nSPS) is 10.8. The number of aryl methyl sites for hydroxylation is 4. The fourth-order valence-corrected chi connectivity index (χ4v) is 5.70. The monoisotopic (exact) mass is 450 g/mol. The first kappa shape index (κ1) is 26.4. The van der Waals surface area contributed by atoms with Crippen LogP contribution in [0.2, 0.25) is 0 Å². The van der Waals surface area contributed by atoms with Crippen LogP contribution in [-0.4, -0.2) is 0 Å². The molecule has 6 aromatic rings. The van der Waals surface area contributed by atoms with Crippen molar-refractivity contribution in [1.82, 2.24) is 0 Å². The van der Waals surface area contributed by atoms with Crippen molar-refractivity contribution >= 4 is 21.5 Å². The van der Waals surface area contributed by atoms with E-state index >= 15 is 0 Å². The van der Waals surface area contributed by atoms with Crippen LogP contribution in [0.25, 0.3) is 43.8 Å². The van der Waals surface area contributed by atoms with Crippen LogP contribution < -0.4 is 37.7 Å². The second kappa shape index (κ2) is 11.1. The van der Waals surface area contributed by atoms with Crippen molar-refractivity contribution in [3.8, 4) is 22.3 Å². The zero-order valence-corrected chi connectivity index (χ0v) is 21.8. The van der Waals surface area contributed by atoms with Crippen molar-refractivity contribution < 1.29 is 37.7 Å². The molecule has 36 heavy (non-hydrogen) atoms. The zero-order valence-electron chi connectivity index (χ0n) is 21.8. The first-order valence-corrected chi connectivity index (χ1v) is 12.2. The Kier molecular flexibility index (Phi) is 8.15. The van der Waals surface area contributed by atoms with Crippen LogP contribution in [0.5, 0.6) is 0 Å². The van der Waals surface area contributed by atoms with Crippen molar-refractivity contribution in [3.05, 3.63) is 131 Å². The molecule has 166 valence electrons. The van der Waals surface area contributed by atoms with Crippen molar-refractivity contribution in [2.24, 2.45) is 0 Å². The minimum absolute atomic E-state index is 0. The summed E-state index contributed by atoms with van der Waals surface area (Å²) in [5.41, 5.74) is 11.0. The predicted octanol–water partition coefficient (Wildman–Crippen LogP) is 3.17. The minimum atomic E-state index is 0. The molecule has 0 radical (unpaired) electrons. The van der Waals surface area contributed by atoms with E-state index < -0.39 is 0 Å². The Hall–Kier alpha value is -2.71. The van der Waals surface area contributed by atoms with Crippen molar-refractivity contribution in [3.63, 3.8) is 0 Å². The Morgan fingerprint density at radius 1 is 0.472 bits per heavy atom. The van der Waals surface area contributed by atoms with E-state index in [1.165, 1.54) is 66.1 Å². The fraction of sp³-hybridized carbons (Fsp3) is 0.118. The molecular formula is C34H28Li2. The number of hydrogen-bond donors (Lipinski definition) is 0. The Morgan fingerprint density at radius 3 is 1.25 bits per heavy atom. The molecule has 0 aliphatic rings. The Labute approximate surface area is 238 Å². The predicted molar refractivity (Wildman–Crippen MR) is 147 cm³/mol. The third kappa shape index (κ3) is 4.69. The van der Waals surface area contributed by atoms with Crippen molar-refractivity contribution in [2.75, 3.05) is 0 Å². The molecule has 0 saturated carbocycles. The van der Waals surface area contributed by atoms with E-state index in [-0.39, 0.29) is 37.7 Å². The average molecular weight is 450 g/mol. The van der Waals surface area contributed by atoms with E-state index in [0.717, 1.165) is 12.8 Å². The van der Waals surface area contributed by atoms with Gasteiger partial charge in [-0.25, -0.2) is 0 Å². The maximum Gasteiger partial charge on any atom is 1.00 e. The largest absolute Gasteiger partial charge is 1.00 e. The van der Waals surface area contributed by atoms with Crippen LogP contribution in [0.1, 0.15) is 22.3 Å². The van der Waals surface area contributed by atoms with Crippen LogP contribution in [0.4, 0.5) is 0 Å². The summed E-state index contributed by atoms with van der Waals surface area (Å²) >= 11 is 0. The van der Waals surface area contributed by atoms with Gasteiger partial charge in [-0.3, -0.25) is 0 Å².